The second kappa shape index (κ2) is 11.9. The van der Waals surface area contributed by atoms with Crippen molar-refractivity contribution in [2.45, 2.75) is 77.0 Å². The number of hydrogen-bond donors (Lipinski definition) is 3. The normalized spacial score (nSPS) is 19.7. The summed E-state index contributed by atoms with van der Waals surface area (Å²) in [6.45, 7) is 3.83. The highest BCUT2D eigenvalue weighted by Crippen LogP contribution is 2.39. The molecule has 0 saturated heterocycles. The van der Waals surface area contributed by atoms with Crippen molar-refractivity contribution in [3.8, 4) is 0 Å². The summed E-state index contributed by atoms with van der Waals surface area (Å²) < 4.78 is 5.38. The summed E-state index contributed by atoms with van der Waals surface area (Å²) in [6, 6.07) is 15.7. The van der Waals surface area contributed by atoms with Gasteiger partial charge in [-0.1, -0.05) is 31.5 Å². The van der Waals surface area contributed by atoms with E-state index in [1.165, 1.54) is 6.42 Å². The number of nitrogens with zero attached hydrogens (tertiary/aromatic N) is 1. The molecular formula is C28H36N4O4. The molecule has 0 radical (unpaired) electrons. The van der Waals surface area contributed by atoms with Crippen molar-refractivity contribution < 1.29 is 19.1 Å². The summed E-state index contributed by atoms with van der Waals surface area (Å²) in [4.78, 5) is 38.7. The molecule has 3 N–H and O–H groups in total. The van der Waals surface area contributed by atoms with E-state index in [9.17, 15) is 14.4 Å². The van der Waals surface area contributed by atoms with Crippen LogP contribution in [0.2, 0.25) is 0 Å². The maximum atomic E-state index is 12.5. The minimum Gasteiger partial charge on any atom is -0.446 e. The number of para-hydroxylation sites is 1. The minimum absolute atomic E-state index is 0.0452. The fraction of sp³-hybridized carbons (Fsp3) is 0.464. The molecule has 2 aromatic rings. The maximum Gasteiger partial charge on any atom is 0.407 e. The van der Waals surface area contributed by atoms with E-state index in [-0.39, 0.29) is 36.5 Å². The summed E-state index contributed by atoms with van der Waals surface area (Å²) in [5.41, 5.74) is 3.62. The molecule has 8 nitrogen and oxygen atoms in total. The van der Waals surface area contributed by atoms with E-state index in [1.807, 2.05) is 54.3 Å². The van der Waals surface area contributed by atoms with Gasteiger partial charge in [0.05, 0.1) is 6.04 Å². The summed E-state index contributed by atoms with van der Waals surface area (Å²) >= 11 is 0. The van der Waals surface area contributed by atoms with E-state index in [2.05, 4.69) is 28.9 Å². The number of amides is 3. The Morgan fingerprint density at radius 1 is 0.972 bits per heavy atom. The van der Waals surface area contributed by atoms with Crippen LogP contribution in [0.4, 0.5) is 21.9 Å². The lowest BCUT2D eigenvalue weighted by Gasteiger charge is -2.40. The smallest absolute Gasteiger partial charge is 0.407 e. The van der Waals surface area contributed by atoms with Crippen LogP contribution in [0.3, 0.4) is 0 Å². The van der Waals surface area contributed by atoms with Crippen LogP contribution in [0, 0.1) is 0 Å². The molecule has 1 fully saturated rings. The van der Waals surface area contributed by atoms with Crippen molar-refractivity contribution in [2.24, 2.45) is 0 Å². The van der Waals surface area contributed by atoms with Gasteiger partial charge in [-0.2, -0.15) is 0 Å². The van der Waals surface area contributed by atoms with Crippen LogP contribution in [0.15, 0.2) is 48.5 Å². The molecule has 8 heteroatoms. The molecule has 2 aromatic carbocycles. The molecule has 0 aromatic heterocycles. The number of carbonyl (C=O) groups excluding carboxylic acids is 3. The Balaban J connectivity index is 1.30. The van der Waals surface area contributed by atoms with E-state index >= 15 is 0 Å². The molecule has 2 aliphatic rings. The lowest BCUT2D eigenvalue weighted by Crippen LogP contribution is -2.44. The Kier molecular flexibility index (Phi) is 8.46. The number of hydrogen-bond acceptors (Lipinski definition) is 5. The molecule has 0 bridgehead atoms. The SMILES string of the molecule is CCC(=O)N1c2ccccc2[C@H](Nc2ccc(NC(=O)CNC(=O)OC3CCCCC3)cc2)C[C@@H]1C. The number of rotatable bonds is 7. The molecule has 0 spiro atoms. The molecule has 1 aliphatic heterocycles. The first kappa shape index (κ1) is 25.5. The van der Waals surface area contributed by atoms with Crippen LogP contribution in [-0.2, 0) is 14.3 Å². The number of carbonyl (C=O) groups is 3. The van der Waals surface area contributed by atoms with E-state index in [0.717, 1.165) is 49.0 Å². The quantitative estimate of drug-likeness (QED) is 0.482. The van der Waals surface area contributed by atoms with E-state index < -0.39 is 6.09 Å². The molecule has 1 saturated carbocycles. The zero-order chi connectivity index (χ0) is 25.5. The van der Waals surface area contributed by atoms with Crippen molar-refractivity contribution >= 4 is 35.0 Å². The van der Waals surface area contributed by atoms with Crippen molar-refractivity contribution in [3.05, 3.63) is 54.1 Å². The molecule has 1 aliphatic carbocycles. The zero-order valence-electron chi connectivity index (χ0n) is 21.1. The van der Waals surface area contributed by atoms with Crippen LogP contribution < -0.4 is 20.9 Å². The third kappa shape index (κ3) is 6.36. The Hall–Kier alpha value is -3.55. The van der Waals surface area contributed by atoms with E-state index in [1.54, 1.807) is 0 Å². The van der Waals surface area contributed by atoms with Crippen molar-refractivity contribution in [1.29, 1.82) is 0 Å². The molecule has 4 rings (SSSR count). The van der Waals surface area contributed by atoms with Crippen molar-refractivity contribution in [1.82, 2.24) is 5.32 Å². The second-order valence-electron chi connectivity index (χ2n) is 9.60. The van der Waals surface area contributed by atoms with Gasteiger partial charge in [0.15, 0.2) is 0 Å². The van der Waals surface area contributed by atoms with Gasteiger partial charge in [-0.05, 0) is 74.9 Å². The van der Waals surface area contributed by atoms with Gasteiger partial charge in [0, 0.05) is 29.5 Å². The van der Waals surface area contributed by atoms with E-state index in [0.29, 0.717) is 12.1 Å². The standard InChI is InChI=1S/C28H36N4O4/c1-3-27(34)32-19(2)17-24(23-11-7-8-12-25(23)32)30-20-13-15-21(16-14-20)31-26(33)18-29-28(35)36-22-9-5-4-6-10-22/h7-8,11-16,19,22,24,30H,3-6,9-10,17-18H2,1-2H3,(H,29,35)(H,31,33)/t19-,24+/m0/s1. The van der Waals surface area contributed by atoms with Crippen LogP contribution in [0.5, 0.6) is 0 Å². The first-order chi connectivity index (χ1) is 17.4. The molecule has 192 valence electrons. The monoisotopic (exact) mass is 492 g/mol. The minimum atomic E-state index is -0.544. The average Bonchev–Trinajstić information content (AvgIpc) is 2.89. The number of fused-ring (bicyclic) bond motifs is 1. The van der Waals surface area contributed by atoms with Gasteiger partial charge in [0.2, 0.25) is 11.8 Å². The molecule has 2 atom stereocenters. The maximum absolute atomic E-state index is 12.5. The summed E-state index contributed by atoms with van der Waals surface area (Å²) in [5, 5.41) is 8.91. The van der Waals surface area contributed by atoms with Gasteiger partial charge in [-0.3, -0.25) is 9.59 Å². The fourth-order valence-electron chi connectivity index (χ4n) is 5.08. The fourth-order valence-corrected chi connectivity index (χ4v) is 5.08. The molecular weight excluding hydrogens is 456 g/mol. The molecule has 3 amide bonds. The van der Waals surface area contributed by atoms with Crippen molar-refractivity contribution in [2.75, 3.05) is 22.1 Å². The van der Waals surface area contributed by atoms with Crippen LogP contribution in [0.25, 0.3) is 0 Å². The third-order valence-electron chi connectivity index (χ3n) is 6.89. The predicted octanol–water partition coefficient (Wildman–Crippen LogP) is 5.37. The topological polar surface area (TPSA) is 99.8 Å². The van der Waals surface area contributed by atoms with Gasteiger partial charge < -0.3 is 25.6 Å². The number of ether oxygens (including phenoxy) is 1. The molecule has 0 unspecified atom stereocenters. The summed E-state index contributed by atoms with van der Waals surface area (Å²) in [5.74, 6) is -0.183. The van der Waals surface area contributed by atoms with Gasteiger partial charge in [-0.15, -0.1) is 0 Å². The number of nitrogens with one attached hydrogen (secondary N) is 3. The Bertz CT molecular complexity index is 1070. The van der Waals surface area contributed by atoms with Crippen LogP contribution >= 0.6 is 0 Å². The highest BCUT2D eigenvalue weighted by Gasteiger charge is 2.32. The van der Waals surface area contributed by atoms with Gasteiger partial charge in [0.1, 0.15) is 12.6 Å². The second-order valence-corrected chi connectivity index (χ2v) is 9.60. The molecule has 36 heavy (non-hydrogen) atoms. The lowest BCUT2D eigenvalue weighted by atomic mass is 9.91. The molecule has 1 heterocycles. The first-order valence-corrected chi connectivity index (χ1v) is 13.0. The number of benzene rings is 2. The average molecular weight is 493 g/mol. The van der Waals surface area contributed by atoms with Crippen LogP contribution in [0.1, 0.15) is 70.4 Å². The van der Waals surface area contributed by atoms with Gasteiger partial charge in [-0.25, -0.2) is 4.79 Å². The Morgan fingerprint density at radius 3 is 2.39 bits per heavy atom. The third-order valence-corrected chi connectivity index (χ3v) is 6.89. The Labute approximate surface area is 212 Å². The number of alkyl carbamates (subject to hydrolysis) is 1. The van der Waals surface area contributed by atoms with Crippen molar-refractivity contribution in [3.63, 3.8) is 0 Å². The summed E-state index contributed by atoms with van der Waals surface area (Å²) in [7, 11) is 0. The number of anilines is 3. The largest absolute Gasteiger partial charge is 0.446 e. The Morgan fingerprint density at radius 2 is 1.67 bits per heavy atom. The lowest BCUT2D eigenvalue weighted by molar-refractivity contribution is -0.119. The highest BCUT2D eigenvalue weighted by atomic mass is 16.6. The summed E-state index contributed by atoms with van der Waals surface area (Å²) in [6.07, 6.45) is 5.79. The predicted molar refractivity (Wildman–Crippen MR) is 141 cm³/mol. The van der Waals surface area contributed by atoms with Gasteiger partial charge in [0.25, 0.3) is 0 Å². The van der Waals surface area contributed by atoms with Crippen LogP contribution in [-0.4, -0.2) is 36.6 Å². The van der Waals surface area contributed by atoms with E-state index in [4.69, 9.17) is 4.74 Å². The highest BCUT2D eigenvalue weighted by molar-refractivity contribution is 5.95. The zero-order valence-corrected chi connectivity index (χ0v) is 21.1. The van der Waals surface area contributed by atoms with Gasteiger partial charge >= 0.3 is 6.09 Å². The first-order valence-electron chi connectivity index (χ1n) is 13.0.